The molecule has 4 rings (SSSR count). The number of benzene rings is 3. The molecule has 0 bridgehead atoms. The Morgan fingerprint density at radius 2 is 1.42 bits per heavy atom. The summed E-state index contributed by atoms with van der Waals surface area (Å²) in [4.78, 5) is 13.3. The van der Waals surface area contributed by atoms with Gasteiger partial charge < -0.3 is 5.32 Å². The van der Waals surface area contributed by atoms with Crippen LogP contribution in [-0.2, 0) is 18.3 Å². The van der Waals surface area contributed by atoms with Crippen molar-refractivity contribution in [2.45, 2.75) is 26.2 Å². The van der Waals surface area contributed by atoms with Gasteiger partial charge in [-0.25, -0.2) is 0 Å². The second-order valence-corrected chi connectivity index (χ2v) is 7.89. The van der Waals surface area contributed by atoms with Crippen LogP contribution in [0.4, 0.5) is 5.69 Å². The van der Waals surface area contributed by atoms with Crippen LogP contribution in [0, 0.1) is 13.8 Å². The van der Waals surface area contributed by atoms with Gasteiger partial charge in [0.25, 0.3) is 0 Å². The molecular formula is C27H27N3O. The number of carbonyl (C=O) groups excluding carboxylic acids is 1. The van der Waals surface area contributed by atoms with E-state index in [4.69, 9.17) is 0 Å². The van der Waals surface area contributed by atoms with Gasteiger partial charge in [-0.1, -0.05) is 72.8 Å². The van der Waals surface area contributed by atoms with Crippen molar-refractivity contribution >= 4 is 11.6 Å². The lowest BCUT2D eigenvalue weighted by atomic mass is 9.90. The fourth-order valence-corrected chi connectivity index (χ4v) is 3.98. The number of hydrogen-bond donors (Lipinski definition) is 1. The molecule has 156 valence electrons. The number of aryl methyl sites for hydroxylation is 2. The highest BCUT2D eigenvalue weighted by Gasteiger charge is 2.22. The first kappa shape index (κ1) is 20.6. The molecule has 0 radical (unpaired) electrons. The largest absolute Gasteiger partial charge is 0.325 e. The summed E-state index contributed by atoms with van der Waals surface area (Å²) in [5.74, 6) is -0.396. The van der Waals surface area contributed by atoms with Gasteiger partial charge in [0.05, 0.1) is 11.6 Å². The third-order valence-electron chi connectivity index (χ3n) is 5.79. The van der Waals surface area contributed by atoms with Crippen molar-refractivity contribution in [2.24, 2.45) is 7.05 Å². The van der Waals surface area contributed by atoms with Gasteiger partial charge in [-0.05, 0) is 42.7 Å². The third kappa shape index (κ3) is 4.58. The first-order valence-corrected chi connectivity index (χ1v) is 10.5. The minimum atomic E-state index is -0.359. The van der Waals surface area contributed by atoms with E-state index >= 15 is 0 Å². The number of anilines is 1. The summed E-state index contributed by atoms with van der Waals surface area (Å²) in [6.45, 7) is 4.14. The van der Waals surface area contributed by atoms with Crippen molar-refractivity contribution in [3.05, 3.63) is 119 Å². The molecule has 4 heteroatoms. The lowest BCUT2D eigenvalue weighted by molar-refractivity contribution is -0.116. The van der Waals surface area contributed by atoms with E-state index in [1.54, 1.807) is 0 Å². The van der Waals surface area contributed by atoms with Gasteiger partial charge in [0.15, 0.2) is 0 Å². The van der Waals surface area contributed by atoms with Gasteiger partial charge in [0.1, 0.15) is 0 Å². The topological polar surface area (TPSA) is 46.9 Å². The highest BCUT2D eigenvalue weighted by atomic mass is 16.1. The van der Waals surface area contributed by atoms with Crippen LogP contribution in [0.1, 0.15) is 39.6 Å². The van der Waals surface area contributed by atoms with Gasteiger partial charge in [-0.3, -0.25) is 9.48 Å². The Bertz CT molecular complexity index is 1120. The molecule has 4 aromatic rings. The van der Waals surface area contributed by atoms with E-state index in [2.05, 4.69) is 29.5 Å². The summed E-state index contributed by atoms with van der Waals surface area (Å²) in [5.41, 5.74) is 7.45. The summed E-state index contributed by atoms with van der Waals surface area (Å²) in [5, 5.41) is 7.60. The number of nitrogens with one attached hydrogen (secondary N) is 1. The van der Waals surface area contributed by atoms with E-state index in [1.165, 1.54) is 16.8 Å². The van der Waals surface area contributed by atoms with Crippen LogP contribution >= 0.6 is 0 Å². The van der Waals surface area contributed by atoms with Crippen molar-refractivity contribution in [2.75, 3.05) is 5.32 Å². The van der Waals surface area contributed by atoms with E-state index in [0.717, 1.165) is 28.9 Å². The predicted molar refractivity (Wildman–Crippen MR) is 125 cm³/mol. The quantitative estimate of drug-likeness (QED) is 0.464. The smallest absolute Gasteiger partial charge is 0.236 e. The molecule has 1 amide bonds. The summed E-state index contributed by atoms with van der Waals surface area (Å²) >= 11 is 0. The van der Waals surface area contributed by atoms with Crippen molar-refractivity contribution in [1.82, 2.24) is 9.78 Å². The zero-order valence-corrected chi connectivity index (χ0v) is 18.2. The van der Waals surface area contributed by atoms with Crippen molar-refractivity contribution < 1.29 is 4.79 Å². The van der Waals surface area contributed by atoms with Crippen LogP contribution in [0.15, 0.2) is 84.9 Å². The van der Waals surface area contributed by atoms with Gasteiger partial charge in [0.2, 0.25) is 5.91 Å². The normalized spacial score (nSPS) is 11.0. The number of nitrogens with zero attached hydrogens (tertiary/aromatic N) is 2. The molecule has 0 atom stereocenters. The minimum Gasteiger partial charge on any atom is -0.325 e. The van der Waals surface area contributed by atoms with Crippen LogP contribution in [0.3, 0.4) is 0 Å². The monoisotopic (exact) mass is 409 g/mol. The van der Waals surface area contributed by atoms with Crippen LogP contribution in [0.2, 0.25) is 0 Å². The zero-order chi connectivity index (χ0) is 21.8. The molecule has 31 heavy (non-hydrogen) atoms. The number of aromatic nitrogens is 2. The van der Waals surface area contributed by atoms with E-state index in [9.17, 15) is 4.79 Å². The van der Waals surface area contributed by atoms with Crippen LogP contribution in [0.5, 0.6) is 0 Å². The van der Waals surface area contributed by atoms with E-state index in [-0.39, 0.29) is 11.8 Å². The fraction of sp³-hybridized carbons (Fsp3) is 0.185. The van der Waals surface area contributed by atoms with Crippen molar-refractivity contribution in [3.8, 4) is 0 Å². The molecule has 0 aliphatic rings. The number of hydrogen-bond acceptors (Lipinski definition) is 2. The maximum absolute atomic E-state index is 13.3. The molecule has 0 fully saturated rings. The number of carbonyl (C=O) groups is 1. The summed E-state index contributed by atoms with van der Waals surface area (Å²) in [6, 6.07) is 27.9. The molecule has 3 aromatic carbocycles. The molecule has 1 heterocycles. The molecule has 0 aliphatic carbocycles. The van der Waals surface area contributed by atoms with E-state index in [0.29, 0.717) is 0 Å². The highest BCUT2D eigenvalue weighted by molar-refractivity contribution is 5.98. The average molecular weight is 410 g/mol. The van der Waals surface area contributed by atoms with Gasteiger partial charge in [-0.2, -0.15) is 5.10 Å². The average Bonchev–Trinajstić information content (AvgIpc) is 3.02. The Kier molecular flexibility index (Phi) is 5.99. The zero-order valence-electron chi connectivity index (χ0n) is 18.2. The SMILES string of the molecule is Cc1nn(C)c(C)c1Cc1ccc(NC(=O)C(c2ccccc2)c2ccccc2)cc1. The predicted octanol–water partition coefficient (Wildman–Crippen LogP) is 5.40. The van der Waals surface area contributed by atoms with Crippen molar-refractivity contribution in [1.29, 1.82) is 0 Å². The summed E-state index contributed by atoms with van der Waals surface area (Å²) in [7, 11) is 1.97. The molecular weight excluding hydrogens is 382 g/mol. The highest BCUT2D eigenvalue weighted by Crippen LogP contribution is 2.26. The third-order valence-corrected chi connectivity index (χ3v) is 5.79. The molecule has 1 N–H and O–H groups in total. The Morgan fingerprint density at radius 1 is 0.871 bits per heavy atom. The fourth-order valence-electron chi connectivity index (χ4n) is 3.98. The first-order valence-electron chi connectivity index (χ1n) is 10.5. The van der Waals surface area contributed by atoms with Crippen LogP contribution in [0.25, 0.3) is 0 Å². The Hall–Kier alpha value is -3.66. The second kappa shape index (κ2) is 9.00. The molecule has 1 aromatic heterocycles. The lowest BCUT2D eigenvalue weighted by Crippen LogP contribution is -2.22. The second-order valence-electron chi connectivity index (χ2n) is 7.89. The maximum Gasteiger partial charge on any atom is 0.236 e. The molecule has 0 aliphatic heterocycles. The Labute approximate surface area is 183 Å². The summed E-state index contributed by atoms with van der Waals surface area (Å²) in [6.07, 6.45) is 0.830. The maximum atomic E-state index is 13.3. The Balaban J connectivity index is 1.53. The number of amides is 1. The van der Waals surface area contributed by atoms with E-state index in [1.807, 2.05) is 91.4 Å². The standard InChI is InChI=1S/C27H27N3O/c1-19-25(20(2)30(3)29-19)18-21-14-16-24(17-15-21)28-27(31)26(22-10-6-4-7-11-22)23-12-8-5-9-13-23/h4-17,26H,18H2,1-3H3,(H,28,31). The van der Waals surface area contributed by atoms with Crippen LogP contribution in [-0.4, -0.2) is 15.7 Å². The van der Waals surface area contributed by atoms with Crippen molar-refractivity contribution in [3.63, 3.8) is 0 Å². The molecule has 4 nitrogen and oxygen atoms in total. The first-order chi connectivity index (χ1) is 15.0. The molecule has 0 saturated heterocycles. The minimum absolute atomic E-state index is 0.0379. The Morgan fingerprint density at radius 3 is 1.90 bits per heavy atom. The molecule has 0 spiro atoms. The van der Waals surface area contributed by atoms with Gasteiger partial charge in [0, 0.05) is 30.4 Å². The van der Waals surface area contributed by atoms with Gasteiger partial charge >= 0.3 is 0 Å². The molecule has 0 unspecified atom stereocenters. The van der Waals surface area contributed by atoms with E-state index < -0.39 is 0 Å². The lowest BCUT2D eigenvalue weighted by Gasteiger charge is -2.18. The molecule has 0 saturated carbocycles. The van der Waals surface area contributed by atoms with Crippen LogP contribution < -0.4 is 5.32 Å². The van der Waals surface area contributed by atoms with Gasteiger partial charge in [-0.15, -0.1) is 0 Å². The summed E-state index contributed by atoms with van der Waals surface area (Å²) < 4.78 is 1.92. The number of rotatable bonds is 6.